The zero-order valence-electron chi connectivity index (χ0n) is 17.8. The van der Waals surface area contributed by atoms with E-state index in [1.165, 1.54) is 38.6 Å². The summed E-state index contributed by atoms with van der Waals surface area (Å²) in [5, 5.41) is 4.11. The van der Waals surface area contributed by atoms with Gasteiger partial charge in [0.25, 0.3) is 10.0 Å². The summed E-state index contributed by atoms with van der Waals surface area (Å²) < 4.78 is 34.8. The van der Waals surface area contributed by atoms with Crippen molar-refractivity contribution in [2.45, 2.75) is 38.6 Å². The predicted molar refractivity (Wildman–Crippen MR) is 117 cm³/mol. The molecule has 0 aliphatic heterocycles. The molecule has 4 rings (SSSR count). The van der Waals surface area contributed by atoms with E-state index in [4.69, 9.17) is 10.3 Å². The first kappa shape index (κ1) is 21.4. The predicted octanol–water partition coefficient (Wildman–Crippen LogP) is 2.63. The van der Waals surface area contributed by atoms with Crippen LogP contribution in [0.4, 0.5) is 11.5 Å². The lowest BCUT2D eigenvalue weighted by molar-refractivity contribution is 0.103. The lowest BCUT2D eigenvalue weighted by Gasteiger charge is -2.08. The topological polar surface area (TPSA) is 159 Å². The molecule has 11 nitrogen and oxygen atoms in total. The van der Waals surface area contributed by atoms with Crippen molar-refractivity contribution in [2.24, 2.45) is 0 Å². The lowest BCUT2D eigenvalue weighted by atomic mass is 10.1. The van der Waals surface area contributed by atoms with E-state index < -0.39 is 10.0 Å². The van der Waals surface area contributed by atoms with E-state index in [1.807, 2.05) is 18.4 Å². The molecule has 0 saturated heterocycles. The number of aryl methyl sites for hydroxylation is 2. The molecule has 4 aromatic rings. The zero-order chi connectivity index (χ0) is 23.2. The minimum atomic E-state index is -3.99. The first-order valence-electron chi connectivity index (χ1n) is 9.66. The number of hydrogen-bond acceptors (Lipinski definition) is 9. The molecule has 32 heavy (non-hydrogen) atoms. The van der Waals surface area contributed by atoms with Crippen LogP contribution in [0.25, 0.3) is 11.0 Å². The normalized spacial score (nSPS) is 11.9. The van der Waals surface area contributed by atoms with E-state index in [0.717, 1.165) is 0 Å². The van der Waals surface area contributed by atoms with E-state index in [2.05, 4.69) is 24.8 Å². The molecule has 12 heteroatoms. The highest BCUT2D eigenvalue weighted by molar-refractivity contribution is 7.92. The number of nitrogens with two attached hydrogens (primary N) is 1. The number of rotatable bonds is 6. The number of carbonyl (C=O) groups excluding carboxylic acids is 1. The first-order valence-corrected chi connectivity index (χ1v) is 11.1. The monoisotopic (exact) mass is 455 g/mol. The third kappa shape index (κ3) is 3.58. The van der Waals surface area contributed by atoms with Crippen molar-refractivity contribution < 1.29 is 17.7 Å². The van der Waals surface area contributed by atoms with Crippen molar-refractivity contribution in [1.82, 2.24) is 24.7 Å². The van der Waals surface area contributed by atoms with Crippen molar-refractivity contribution in [2.75, 3.05) is 10.5 Å². The summed E-state index contributed by atoms with van der Waals surface area (Å²) >= 11 is 0. The summed E-state index contributed by atoms with van der Waals surface area (Å²) in [6.45, 7) is 6.94. The Bertz CT molecular complexity index is 1430. The van der Waals surface area contributed by atoms with Crippen molar-refractivity contribution in [3.63, 3.8) is 0 Å². The van der Waals surface area contributed by atoms with Gasteiger partial charge in [0.2, 0.25) is 0 Å². The third-order valence-corrected chi connectivity index (χ3v) is 6.55. The molecule has 0 unspecified atom stereocenters. The van der Waals surface area contributed by atoms with Crippen molar-refractivity contribution in [3.05, 3.63) is 53.6 Å². The molecule has 166 valence electrons. The molecular weight excluding hydrogens is 434 g/mol. The maximum atomic E-state index is 13.3. The Morgan fingerprint density at radius 2 is 1.97 bits per heavy atom. The molecule has 0 radical (unpaired) electrons. The van der Waals surface area contributed by atoms with Crippen molar-refractivity contribution in [1.29, 1.82) is 0 Å². The quantitative estimate of drug-likeness (QED) is 0.417. The molecule has 4 heterocycles. The van der Waals surface area contributed by atoms with Crippen molar-refractivity contribution >= 4 is 38.3 Å². The van der Waals surface area contributed by atoms with Gasteiger partial charge in [0.1, 0.15) is 23.5 Å². The SMILES string of the molecule is Cc1noc(C)c1S(=O)(=O)Nc1cncc(C(=O)c2cn(C(C)C)c3ncnc(N)c23)c1. The number of nitrogens with zero attached hydrogens (tertiary/aromatic N) is 5. The van der Waals surface area contributed by atoms with Gasteiger partial charge in [-0.05, 0) is 33.8 Å². The fraction of sp³-hybridized carbons (Fsp3) is 0.250. The number of aromatic nitrogens is 5. The lowest BCUT2D eigenvalue weighted by Crippen LogP contribution is -2.15. The molecule has 0 aliphatic rings. The molecule has 0 bridgehead atoms. The Kier molecular flexibility index (Phi) is 5.17. The molecular formula is C20H21N7O4S. The molecule has 4 aromatic heterocycles. The number of sulfonamides is 1. The van der Waals surface area contributed by atoms with Gasteiger partial charge in [0.15, 0.2) is 16.4 Å². The van der Waals surface area contributed by atoms with Crippen LogP contribution >= 0.6 is 0 Å². The number of ketones is 1. The highest BCUT2D eigenvalue weighted by atomic mass is 32.2. The van der Waals surface area contributed by atoms with Gasteiger partial charge >= 0.3 is 0 Å². The average molecular weight is 456 g/mol. The second-order valence-corrected chi connectivity index (χ2v) is 9.17. The first-order chi connectivity index (χ1) is 15.1. The molecule has 0 saturated carbocycles. The van der Waals surface area contributed by atoms with Gasteiger partial charge in [-0.2, -0.15) is 0 Å². The number of pyridine rings is 1. The summed E-state index contributed by atoms with van der Waals surface area (Å²) in [5.74, 6) is -0.0464. The number of fused-ring (bicyclic) bond motifs is 1. The molecule has 0 aromatic carbocycles. The van der Waals surface area contributed by atoms with Crippen LogP contribution in [0.15, 0.2) is 40.4 Å². The molecule has 0 spiro atoms. The molecule has 0 fully saturated rings. The fourth-order valence-electron chi connectivity index (χ4n) is 3.51. The molecule has 0 amide bonds. The Labute approximate surface area is 183 Å². The van der Waals surface area contributed by atoms with Gasteiger partial charge in [-0.15, -0.1) is 0 Å². The number of carbonyl (C=O) groups is 1. The maximum absolute atomic E-state index is 13.3. The van der Waals surface area contributed by atoms with Gasteiger partial charge in [0.05, 0.1) is 22.8 Å². The van der Waals surface area contributed by atoms with Crippen molar-refractivity contribution in [3.8, 4) is 0 Å². The third-order valence-electron chi connectivity index (χ3n) is 4.93. The van der Waals surface area contributed by atoms with Gasteiger partial charge < -0.3 is 14.8 Å². The second-order valence-electron chi connectivity index (χ2n) is 7.55. The van der Waals surface area contributed by atoms with Gasteiger partial charge in [-0.1, -0.05) is 5.16 Å². The van der Waals surface area contributed by atoms with Crippen LogP contribution in [0.3, 0.4) is 0 Å². The zero-order valence-corrected chi connectivity index (χ0v) is 18.6. The summed E-state index contributed by atoms with van der Waals surface area (Å²) in [5.41, 5.74) is 7.41. The van der Waals surface area contributed by atoms with Crippen LogP contribution in [0.5, 0.6) is 0 Å². The minimum Gasteiger partial charge on any atom is -0.383 e. The van der Waals surface area contributed by atoms with Crippen LogP contribution in [0.2, 0.25) is 0 Å². The smallest absolute Gasteiger partial charge is 0.267 e. The second kappa shape index (κ2) is 7.71. The van der Waals surface area contributed by atoms with Crippen LogP contribution < -0.4 is 10.5 Å². The van der Waals surface area contributed by atoms with Crippen LogP contribution in [-0.2, 0) is 10.0 Å². The Morgan fingerprint density at radius 1 is 1.22 bits per heavy atom. The largest absolute Gasteiger partial charge is 0.383 e. The number of hydrogen-bond donors (Lipinski definition) is 2. The van der Waals surface area contributed by atoms with E-state index in [0.29, 0.717) is 16.6 Å². The Morgan fingerprint density at radius 3 is 2.62 bits per heavy atom. The molecule has 0 aliphatic carbocycles. The summed E-state index contributed by atoms with van der Waals surface area (Å²) in [4.78, 5) is 25.6. The van der Waals surface area contributed by atoms with Crippen LogP contribution in [-0.4, -0.2) is 38.9 Å². The molecule has 0 atom stereocenters. The standard InChI is InChI=1S/C20H21N7O4S/c1-10(2)27-8-15(16-19(21)23-9-24-20(16)27)17(28)13-5-14(7-22-6-13)26-32(29,30)18-11(3)25-31-12(18)4/h5-10,26H,1-4H3,(H2,21,23,24). The highest BCUT2D eigenvalue weighted by Gasteiger charge is 2.26. The number of nitrogens with one attached hydrogen (secondary N) is 1. The van der Waals surface area contributed by atoms with Crippen LogP contribution in [0, 0.1) is 13.8 Å². The van der Waals surface area contributed by atoms with E-state index in [9.17, 15) is 13.2 Å². The molecule has 3 N–H and O–H groups in total. The Hall–Kier alpha value is -3.80. The van der Waals surface area contributed by atoms with Crippen LogP contribution in [0.1, 0.15) is 47.3 Å². The fourth-order valence-corrected chi connectivity index (χ4v) is 4.88. The van der Waals surface area contributed by atoms with E-state index in [-0.39, 0.29) is 45.2 Å². The average Bonchev–Trinajstić information content (AvgIpc) is 3.28. The van der Waals surface area contributed by atoms with E-state index in [1.54, 1.807) is 6.20 Å². The Balaban J connectivity index is 1.74. The number of nitrogen functional groups attached to an aromatic ring is 1. The van der Waals surface area contributed by atoms with E-state index >= 15 is 0 Å². The maximum Gasteiger partial charge on any atom is 0.267 e. The van der Waals surface area contributed by atoms with Gasteiger partial charge in [-0.25, -0.2) is 18.4 Å². The summed E-state index contributed by atoms with van der Waals surface area (Å²) in [6, 6.07) is 1.43. The highest BCUT2D eigenvalue weighted by Crippen LogP contribution is 2.29. The van der Waals surface area contributed by atoms with Gasteiger partial charge in [-0.3, -0.25) is 14.5 Å². The summed E-state index contributed by atoms with van der Waals surface area (Å²) in [6.07, 6.45) is 5.68. The summed E-state index contributed by atoms with van der Waals surface area (Å²) in [7, 11) is -3.99. The van der Waals surface area contributed by atoms with Gasteiger partial charge in [0, 0.05) is 24.0 Å². The minimum absolute atomic E-state index is 0.0275. The number of anilines is 2.